The third kappa shape index (κ3) is 5.12. The molecule has 1 N–H and O–H groups in total. The summed E-state index contributed by atoms with van der Waals surface area (Å²) in [7, 11) is 1.95. The minimum absolute atomic E-state index is 0. The largest absolute Gasteiger partial charge is 0.378 e. The summed E-state index contributed by atoms with van der Waals surface area (Å²) in [5, 5.41) is 3.62. The molecule has 7 heteroatoms. The van der Waals surface area contributed by atoms with Crippen LogP contribution in [0.25, 0.3) is 0 Å². The molecule has 1 saturated carbocycles. The summed E-state index contributed by atoms with van der Waals surface area (Å²) < 4.78 is 5.48. The Kier molecular flexibility index (Phi) is 8.87. The van der Waals surface area contributed by atoms with E-state index in [-0.39, 0.29) is 36.8 Å². The highest BCUT2D eigenvalue weighted by atomic mass is 35.5. The third-order valence-corrected chi connectivity index (χ3v) is 6.29. The Bertz CT molecular complexity index is 626. The molecule has 0 aromatic heterocycles. The fraction of sp³-hybridized carbons (Fsp3) is 0.667. The number of morpholine rings is 1. The molecule has 3 aliphatic rings. The minimum Gasteiger partial charge on any atom is -0.378 e. The average Bonchev–Trinajstić information content (AvgIpc) is 3.12. The number of rotatable bonds is 4. The number of carbonyl (C=O) groups is 1. The lowest BCUT2D eigenvalue weighted by Crippen LogP contribution is -2.44. The van der Waals surface area contributed by atoms with Crippen molar-refractivity contribution >= 4 is 36.4 Å². The minimum atomic E-state index is 0. The number of nitrogens with one attached hydrogen (secondary N) is 1. The van der Waals surface area contributed by atoms with Crippen molar-refractivity contribution in [2.24, 2.45) is 5.92 Å². The lowest BCUT2D eigenvalue weighted by Gasteiger charge is -2.31. The van der Waals surface area contributed by atoms with Crippen LogP contribution in [-0.2, 0) is 16.1 Å². The van der Waals surface area contributed by atoms with Crippen LogP contribution < -0.4 is 10.2 Å². The number of hydrogen-bond donors (Lipinski definition) is 1. The monoisotopic (exact) mass is 429 g/mol. The van der Waals surface area contributed by atoms with Crippen LogP contribution in [0.3, 0.4) is 0 Å². The highest BCUT2D eigenvalue weighted by Gasteiger charge is 2.39. The van der Waals surface area contributed by atoms with Gasteiger partial charge in [0.25, 0.3) is 0 Å². The summed E-state index contributed by atoms with van der Waals surface area (Å²) in [4.78, 5) is 17.3. The molecule has 2 saturated heterocycles. The molecule has 3 atom stereocenters. The maximum Gasteiger partial charge on any atom is 0.239 e. The van der Waals surface area contributed by atoms with Gasteiger partial charge in [-0.25, -0.2) is 0 Å². The molecule has 3 unspecified atom stereocenters. The SMILES string of the molecule is CN(Cc1ccccc1N1CCOCC1)C(=O)C1CC2CCCCC2N1.Cl.Cl. The molecular formula is C21H33Cl2N3O2. The number of anilines is 1. The molecule has 3 fully saturated rings. The lowest BCUT2D eigenvalue weighted by molar-refractivity contribution is -0.132. The molecule has 28 heavy (non-hydrogen) atoms. The highest BCUT2D eigenvalue weighted by molar-refractivity contribution is 5.85. The maximum atomic E-state index is 13.0. The Hall–Kier alpha value is -1.01. The van der Waals surface area contributed by atoms with E-state index in [1.54, 1.807) is 0 Å². The van der Waals surface area contributed by atoms with Crippen LogP contribution >= 0.6 is 24.8 Å². The maximum absolute atomic E-state index is 13.0. The summed E-state index contributed by atoms with van der Waals surface area (Å²) >= 11 is 0. The first kappa shape index (κ1) is 23.3. The molecule has 0 radical (unpaired) electrons. The normalized spacial score (nSPS) is 26.6. The number of benzene rings is 1. The second-order valence-corrected chi connectivity index (χ2v) is 8.03. The van der Waals surface area contributed by atoms with Gasteiger partial charge in [0.2, 0.25) is 5.91 Å². The van der Waals surface area contributed by atoms with E-state index in [4.69, 9.17) is 4.74 Å². The van der Waals surface area contributed by atoms with Gasteiger partial charge >= 0.3 is 0 Å². The number of halogens is 2. The Balaban J connectivity index is 0.00000140. The molecule has 1 aromatic carbocycles. The molecule has 158 valence electrons. The van der Waals surface area contributed by atoms with Crippen molar-refractivity contribution in [2.75, 3.05) is 38.3 Å². The van der Waals surface area contributed by atoms with E-state index in [1.807, 2.05) is 11.9 Å². The molecule has 2 heterocycles. The number of hydrogen-bond acceptors (Lipinski definition) is 4. The Morgan fingerprint density at radius 1 is 1.18 bits per heavy atom. The lowest BCUT2D eigenvalue weighted by atomic mass is 9.85. The Morgan fingerprint density at radius 2 is 1.89 bits per heavy atom. The van der Waals surface area contributed by atoms with Gasteiger partial charge in [0.05, 0.1) is 19.3 Å². The fourth-order valence-corrected chi connectivity index (χ4v) is 4.87. The van der Waals surface area contributed by atoms with Crippen LogP contribution in [0, 0.1) is 5.92 Å². The van der Waals surface area contributed by atoms with Gasteiger partial charge in [-0.1, -0.05) is 31.0 Å². The quantitative estimate of drug-likeness (QED) is 0.797. The van der Waals surface area contributed by atoms with Gasteiger partial charge in [0, 0.05) is 38.4 Å². The number of amides is 1. The van der Waals surface area contributed by atoms with Crippen LogP contribution in [-0.4, -0.2) is 56.2 Å². The number of likely N-dealkylation sites (N-methyl/N-ethyl adjacent to an activating group) is 1. The summed E-state index contributed by atoms with van der Waals surface area (Å²) in [6.07, 6.45) is 6.16. The number of fused-ring (bicyclic) bond motifs is 1. The highest BCUT2D eigenvalue weighted by Crippen LogP contribution is 2.34. The van der Waals surface area contributed by atoms with E-state index in [0.717, 1.165) is 32.7 Å². The van der Waals surface area contributed by atoms with Crippen molar-refractivity contribution < 1.29 is 9.53 Å². The molecule has 1 amide bonds. The van der Waals surface area contributed by atoms with Crippen molar-refractivity contribution in [2.45, 2.75) is 50.7 Å². The molecule has 0 bridgehead atoms. The van der Waals surface area contributed by atoms with Crippen molar-refractivity contribution in [1.82, 2.24) is 10.2 Å². The second kappa shape index (κ2) is 10.7. The molecule has 4 rings (SSSR count). The van der Waals surface area contributed by atoms with Crippen LogP contribution in [0.5, 0.6) is 0 Å². The zero-order valence-electron chi connectivity index (χ0n) is 16.6. The predicted octanol–water partition coefficient (Wildman–Crippen LogP) is 3.25. The first-order chi connectivity index (χ1) is 12.7. The van der Waals surface area contributed by atoms with E-state index in [2.05, 4.69) is 34.5 Å². The van der Waals surface area contributed by atoms with E-state index < -0.39 is 0 Å². The average molecular weight is 430 g/mol. The first-order valence-electron chi connectivity index (χ1n) is 10.1. The molecular weight excluding hydrogens is 397 g/mol. The molecule has 5 nitrogen and oxygen atoms in total. The van der Waals surface area contributed by atoms with E-state index in [9.17, 15) is 4.79 Å². The molecule has 2 aliphatic heterocycles. The zero-order valence-corrected chi connectivity index (χ0v) is 18.3. The number of nitrogens with zero attached hydrogens (tertiary/aromatic N) is 2. The fourth-order valence-electron chi connectivity index (χ4n) is 4.87. The van der Waals surface area contributed by atoms with Gasteiger partial charge in [0.15, 0.2) is 0 Å². The smallest absolute Gasteiger partial charge is 0.239 e. The second-order valence-electron chi connectivity index (χ2n) is 8.03. The number of carbonyl (C=O) groups excluding carboxylic acids is 1. The van der Waals surface area contributed by atoms with Gasteiger partial charge < -0.3 is 19.9 Å². The Morgan fingerprint density at radius 3 is 2.64 bits per heavy atom. The van der Waals surface area contributed by atoms with E-state index >= 15 is 0 Å². The molecule has 0 spiro atoms. The van der Waals surface area contributed by atoms with Crippen LogP contribution in [0.2, 0.25) is 0 Å². The van der Waals surface area contributed by atoms with Crippen molar-refractivity contribution in [3.05, 3.63) is 29.8 Å². The summed E-state index contributed by atoms with van der Waals surface area (Å²) in [5.74, 6) is 0.947. The van der Waals surface area contributed by atoms with Gasteiger partial charge in [-0.05, 0) is 36.8 Å². The van der Waals surface area contributed by atoms with Crippen LogP contribution in [0.4, 0.5) is 5.69 Å². The number of para-hydroxylation sites is 1. The van der Waals surface area contributed by atoms with E-state index in [1.165, 1.54) is 36.9 Å². The molecule has 1 aliphatic carbocycles. The Labute approximate surface area is 181 Å². The van der Waals surface area contributed by atoms with Gasteiger partial charge in [-0.2, -0.15) is 0 Å². The molecule has 1 aromatic rings. The topological polar surface area (TPSA) is 44.8 Å². The predicted molar refractivity (Wildman–Crippen MR) is 118 cm³/mol. The summed E-state index contributed by atoms with van der Waals surface area (Å²) in [5.41, 5.74) is 2.46. The zero-order chi connectivity index (χ0) is 17.9. The van der Waals surface area contributed by atoms with Gasteiger partial charge in [-0.15, -0.1) is 24.8 Å². The summed E-state index contributed by atoms with van der Waals surface area (Å²) in [6, 6.07) is 9.03. The number of ether oxygens (including phenoxy) is 1. The van der Waals surface area contributed by atoms with Crippen LogP contribution in [0.1, 0.15) is 37.7 Å². The van der Waals surface area contributed by atoms with E-state index in [0.29, 0.717) is 18.5 Å². The van der Waals surface area contributed by atoms with Crippen molar-refractivity contribution in [3.8, 4) is 0 Å². The van der Waals surface area contributed by atoms with Crippen molar-refractivity contribution in [3.63, 3.8) is 0 Å². The van der Waals surface area contributed by atoms with Crippen molar-refractivity contribution in [1.29, 1.82) is 0 Å². The van der Waals surface area contributed by atoms with Crippen LogP contribution in [0.15, 0.2) is 24.3 Å². The standard InChI is InChI=1S/C21H31N3O2.2ClH/c1-23(21(25)19-14-16-6-2-4-8-18(16)22-19)15-17-7-3-5-9-20(17)24-10-12-26-13-11-24;;/h3,5,7,9,16,18-19,22H,2,4,6,8,10-15H2,1H3;2*1H. The summed E-state index contributed by atoms with van der Waals surface area (Å²) in [6.45, 7) is 4.06. The van der Waals surface area contributed by atoms with Gasteiger partial charge in [-0.3, -0.25) is 4.79 Å². The first-order valence-corrected chi connectivity index (χ1v) is 10.1. The van der Waals surface area contributed by atoms with Gasteiger partial charge in [0.1, 0.15) is 0 Å². The third-order valence-electron chi connectivity index (χ3n) is 6.29.